The molecule has 0 saturated carbocycles. The van der Waals surface area contributed by atoms with Crippen LogP contribution in [0.5, 0.6) is 0 Å². The van der Waals surface area contributed by atoms with E-state index < -0.39 is 5.72 Å². The van der Waals surface area contributed by atoms with Gasteiger partial charge in [0.25, 0.3) is 0 Å². The van der Waals surface area contributed by atoms with Crippen LogP contribution in [-0.2, 0) is 9.53 Å². The minimum Gasteiger partial charge on any atom is -0.433 e. The van der Waals surface area contributed by atoms with E-state index in [1.54, 1.807) is 0 Å². The molecule has 5 heteroatoms. The van der Waals surface area contributed by atoms with E-state index in [2.05, 4.69) is 12.2 Å². The molecule has 0 aromatic heterocycles. The summed E-state index contributed by atoms with van der Waals surface area (Å²) in [4.78, 5) is 12.0. The molecular formula is C15H17B2NO2. The topological polar surface area (TPSA) is 38.3 Å². The first kappa shape index (κ1) is 14.8. The van der Waals surface area contributed by atoms with Crippen LogP contribution in [0.4, 0.5) is 5.69 Å². The van der Waals surface area contributed by atoms with Gasteiger partial charge < -0.3 is 10.1 Å². The van der Waals surface area contributed by atoms with Crippen molar-refractivity contribution in [2.75, 3.05) is 5.32 Å². The molecule has 1 aliphatic rings. The van der Waals surface area contributed by atoms with Gasteiger partial charge in [-0.15, -0.1) is 0 Å². The molecule has 2 rings (SSSR count). The first-order valence-electron chi connectivity index (χ1n) is 6.88. The number of anilines is 1. The maximum Gasteiger partial charge on any atom is 0.335 e. The van der Waals surface area contributed by atoms with Crippen molar-refractivity contribution in [1.29, 1.82) is 0 Å². The average molecular weight is 265 g/mol. The maximum absolute atomic E-state index is 12.0. The molecule has 1 N–H and O–H groups in total. The summed E-state index contributed by atoms with van der Waals surface area (Å²) in [6.45, 7) is 2.06. The monoisotopic (exact) mass is 265 g/mol. The van der Waals surface area contributed by atoms with Crippen molar-refractivity contribution < 1.29 is 9.53 Å². The van der Waals surface area contributed by atoms with Gasteiger partial charge in [0.15, 0.2) is 5.72 Å². The zero-order valence-corrected chi connectivity index (χ0v) is 11.7. The Morgan fingerprint density at radius 2 is 2.00 bits per heavy atom. The van der Waals surface area contributed by atoms with Gasteiger partial charge in [-0.05, 0) is 36.8 Å². The third-order valence-electron chi connectivity index (χ3n) is 3.46. The molecular weight excluding hydrogens is 248 g/mol. The molecule has 1 heterocycles. The molecule has 1 unspecified atom stereocenters. The number of nitrogens with one attached hydrogen (secondary N) is 1. The lowest BCUT2D eigenvalue weighted by Gasteiger charge is -2.31. The Morgan fingerprint density at radius 3 is 2.60 bits per heavy atom. The number of hydrogen-bond acceptors (Lipinski definition) is 3. The zero-order chi connectivity index (χ0) is 14.6. The van der Waals surface area contributed by atoms with Crippen LogP contribution in [0.25, 0.3) is 0 Å². The lowest BCUT2D eigenvalue weighted by atomic mass is 9.76. The van der Waals surface area contributed by atoms with Gasteiger partial charge in [-0.2, -0.15) is 0 Å². The number of carbonyl (C=O) groups excluding carboxylic acids is 1. The van der Waals surface area contributed by atoms with Crippen LogP contribution < -0.4 is 5.32 Å². The van der Waals surface area contributed by atoms with E-state index in [4.69, 9.17) is 20.4 Å². The first-order chi connectivity index (χ1) is 9.63. The highest BCUT2D eigenvalue weighted by molar-refractivity contribution is 6.28. The summed E-state index contributed by atoms with van der Waals surface area (Å²) in [5.41, 5.74) is 0.634. The molecule has 0 bridgehead atoms. The molecule has 100 valence electrons. The summed E-state index contributed by atoms with van der Waals surface area (Å²) in [7, 11) is 11.9. The first-order valence-corrected chi connectivity index (χ1v) is 6.88. The molecule has 1 aliphatic heterocycles. The smallest absolute Gasteiger partial charge is 0.335 e. The number of esters is 1. The predicted octanol–water partition coefficient (Wildman–Crippen LogP) is 2.55. The van der Waals surface area contributed by atoms with E-state index in [0.717, 1.165) is 18.5 Å². The zero-order valence-electron chi connectivity index (χ0n) is 11.7. The molecule has 0 spiro atoms. The number of rotatable bonds is 6. The van der Waals surface area contributed by atoms with E-state index in [-0.39, 0.29) is 12.3 Å². The number of hydrogen-bond donors (Lipinski definition) is 1. The average Bonchev–Trinajstić information content (AvgIpc) is 2.70. The van der Waals surface area contributed by atoms with Crippen LogP contribution in [-0.4, -0.2) is 27.4 Å². The Labute approximate surface area is 122 Å². The highest BCUT2D eigenvalue weighted by Gasteiger charge is 2.42. The number of cyclic esters (lactones) is 1. The third-order valence-corrected chi connectivity index (χ3v) is 3.46. The second kappa shape index (κ2) is 6.21. The predicted molar refractivity (Wildman–Crippen MR) is 81.8 cm³/mol. The van der Waals surface area contributed by atoms with Gasteiger partial charge in [0, 0.05) is 11.3 Å². The van der Waals surface area contributed by atoms with Gasteiger partial charge in [-0.1, -0.05) is 31.5 Å². The summed E-state index contributed by atoms with van der Waals surface area (Å²) in [6, 6.07) is 9.44. The van der Waals surface area contributed by atoms with Gasteiger partial charge in [0.05, 0.1) is 7.85 Å². The number of unbranched alkanes of at least 4 members (excludes halogenated alkanes) is 1. The summed E-state index contributed by atoms with van der Waals surface area (Å²) in [6.07, 6.45) is 2.61. The summed E-state index contributed by atoms with van der Waals surface area (Å²) >= 11 is 0. The minimum atomic E-state index is -1.12. The van der Waals surface area contributed by atoms with Crippen molar-refractivity contribution in [1.82, 2.24) is 0 Å². The van der Waals surface area contributed by atoms with Crippen LogP contribution >= 0.6 is 0 Å². The number of ether oxygens (including phenoxy) is 1. The van der Waals surface area contributed by atoms with E-state index in [1.807, 2.05) is 30.3 Å². The SMILES string of the molecule is [B]CC1(Nc2ccccc2)OC(=O)C(CCCC)=C1[B]. The Morgan fingerprint density at radius 1 is 1.30 bits per heavy atom. The summed E-state index contributed by atoms with van der Waals surface area (Å²) in [5, 5.41) is 3.14. The van der Waals surface area contributed by atoms with E-state index in [1.165, 1.54) is 0 Å². The lowest BCUT2D eigenvalue weighted by Crippen LogP contribution is -2.40. The van der Waals surface area contributed by atoms with Gasteiger partial charge in [-0.25, -0.2) is 4.79 Å². The fraction of sp³-hybridized carbons (Fsp3) is 0.400. The molecule has 4 radical (unpaired) electrons. The van der Waals surface area contributed by atoms with Crippen LogP contribution in [0.2, 0.25) is 6.32 Å². The Kier molecular flexibility index (Phi) is 4.58. The Balaban J connectivity index is 2.27. The van der Waals surface area contributed by atoms with Crippen molar-refractivity contribution in [3.05, 3.63) is 41.4 Å². The largest absolute Gasteiger partial charge is 0.433 e. The van der Waals surface area contributed by atoms with E-state index >= 15 is 0 Å². The second-order valence-corrected chi connectivity index (χ2v) is 4.91. The van der Waals surface area contributed by atoms with Gasteiger partial charge in [-0.3, -0.25) is 0 Å². The fourth-order valence-corrected chi connectivity index (χ4v) is 2.27. The van der Waals surface area contributed by atoms with Crippen LogP contribution in [0.15, 0.2) is 41.4 Å². The highest BCUT2D eigenvalue weighted by atomic mass is 16.6. The molecule has 0 aliphatic carbocycles. The third kappa shape index (κ3) is 2.77. The quantitative estimate of drug-likeness (QED) is 0.634. The van der Waals surface area contributed by atoms with Crippen molar-refractivity contribution in [3.8, 4) is 0 Å². The molecule has 1 atom stereocenters. The van der Waals surface area contributed by atoms with Crippen molar-refractivity contribution in [2.45, 2.75) is 38.2 Å². The van der Waals surface area contributed by atoms with Crippen molar-refractivity contribution in [3.63, 3.8) is 0 Å². The van der Waals surface area contributed by atoms with Gasteiger partial charge in [0.1, 0.15) is 7.85 Å². The van der Waals surface area contributed by atoms with Crippen LogP contribution in [0.3, 0.4) is 0 Å². The normalized spacial score (nSPS) is 21.9. The van der Waals surface area contributed by atoms with Crippen molar-refractivity contribution >= 4 is 27.3 Å². The van der Waals surface area contributed by atoms with E-state index in [9.17, 15) is 4.79 Å². The Hall–Kier alpha value is -1.64. The van der Waals surface area contributed by atoms with Gasteiger partial charge >= 0.3 is 5.97 Å². The molecule has 1 aromatic carbocycles. The molecule has 20 heavy (non-hydrogen) atoms. The minimum absolute atomic E-state index is 0.0924. The highest BCUT2D eigenvalue weighted by Crippen LogP contribution is 2.36. The lowest BCUT2D eigenvalue weighted by molar-refractivity contribution is -0.143. The number of benzene rings is 1. The molecule has 0 fully saturated rings. The van der Waals surface area contributed by atoms with Crippen molar-refractivity contribution in [2.24, 2.45) is 0 Å². The van der Waals surface area contributed by atoms with Crippen LogP contribution in [0.1, 0.15) is 26.2 Å². The molecule has 1 aromatic rings. The maximum atomic E-state index is 12.0. The van der Waals surface area contributed by atoms with E-state index in [0.29, 0.717) is 17.5 Å². The summed E-state index contributed by atoms with van der Waals surface area (Å²) in [5.74, 6) is -0.371. The number of para-hydroxylation sites is 1. The molecule has 0 amide bonds. The number of carbonyl (C=O) groups is 1. The Bertz CT molecular complexity index is 516. The second-order valence-electron chi connectivity index (χ2n) is 4.91. The van der Waals surface area contributed by atoms with Crippen LogP contribution in [0, 0.1) is 0 Å². The molecule has 0 saturated heterocycles. The fourth-order valence-electron chi connectivity index (χ4n) is 2.27. The molecule has 3 nitrogen and oxygen atoms in total. The van der Waals surface area contributed by atoms with Gasteiger partial charge in [0.2, 0.25) is 0 Å². The standard InChI is InChI=1S/C15H17B2NO2/c1-2-3-9-12-13(17)15(10-16,20-14(12)19)18-11-7-5-4-6-8-11/h4-8,18H,2-3,9-10H2,1H3. The summed E-state index contributed by atoms with van der Waals surface area (Å²) < 4.78 is 5.45.